The van der Waals surface area contributed by atoms with E-state index >= 15 is 0 Å². The lowest BCUT2D eigenvalue weighted by atomic mass is 10.0. The summed E-state index contributed by atoms with van der Waals surface area (Å²) in [5, 5.41) is 0. The molecule has 1 atom stereocenters. The van der Waals surface area contributed by atoms with Crippen molar-refractivity contribution in [1.29, 1.82) is 0 Å². The van der Waals surface area contributed by atoms with Crippen LogP contribution in [0, 0.1) is 0 Å². The lowest BCUT2D eigenvalue weighted by molar-refractivity contribution is -0.143. The fraction of sp³-hybridized carbons (Fsp3) is 0.786. The lowest BCUT2D eigenvalue weighted by Gasteiger charge is -2.16. The Bertz CT molecular complexity index is 187. The van der Waals surface area contributed by atoms with Crippen LogP contribution in [0.2, 0.25) is 0 Å². The van der Waals surface area contributed by atoms with Crippen LogP contribution in [0.25, 0.3) is 0 Å². The number of esters is 1. The first kappa shape index (κ1) is 15.2. The average molecular weight is 226 g/mol. The van der Waals surface area contributed by atoms with Gasteiger partial charge < -0.3 is 4.74 Å². The van der Waals surface area contributed by atoms with Gasteiger partial charge in [-0.05, 0) is 19.3 Å². The summed E-state index contributed by atoms with van der Waals surface area (Å²) < 4.78 is 5.32. The highest BCUT2D eigenvalue weighted by atomic mass is 16.5. The van der Waals surface area contributed by atoms with Crippen molar-refractivity contribution in [2.75, 3.05) is 0 Å². The van der Waals surface area contributed by atoms with Gasteiger partial charge in [0.25, 0.3) is 0 Å². The van der Waals surface area contributed by atoms with Gasteiger partial charge in [0.05, 0.1) is 0 Å². The third-order valence-corrected chi connectivity index (χ3v) is 2.71. The van der Waals surface area contributed by atoms with Crippen molar-refractivity contribution in [2.24, 2.45) is 0 Å². The van der Waals surface area contributed by atoms with Crippen molar-refractivity contribution in [3.8, 4) is 0 Å². The summed E-state index contributed by atoms with van der Waals surface area (Å²) in [6, 6.07) is 0. The summed E-state index contributed by atoms with van der Waals surface area (Å²) in [5.41, 5.74) is 0. The third kappa shape index (κ3) is 8.51. The van der Waals surface area contributed by atoms with Crippen LogP contribution in [0.15, 0.2) is 12.7 Å². The first-order chi connectivity index (χ1) is 7.74. The Morgan fingerprint density at radius 1 is 1.12 bits per heavy atom. The standard InChI is InChI=1S/C14H26O2/c1-4-7-9-10-12-13(11-8-5-2)16-14(15)6-3/h6,13H,3-5,7-12H2,1-2H3. The molecule has 16 heavy (non-hydrogen) atoms. The van der Waals surface area contributed by atoms with Crippen LogP contribution < -0.4 is 0 Å². The summed E-state index contributed by atoms with van der Waals surface area (Å²) in [6.07, 6.45) is 10.5. The van der Waals surface area contributed by atoms with Crippen molar-refractivity contribution < 1.29 is 9.53 Å². The molecule has 0 amide bonds. The molecule has 0 saturated carbocycles. The first-order valence-electron chi connectivity index (χ1n) is 6.57. The second kappa shape index (κ2) is 10.7. The molecule has 2 nitrogen and oxygen atoms in total. The van der Waals surface area contributed by atoms with Crippen molar-refractivity contribution in [2.45, 2.75) is 71.3 Å². The molecule has 0 bridgehead atoms. The van der Waals surface area contributed by atoms with Crippen LogP contribution in [0.3, 0.4) is 0 Å². The molecule has 0 radical (unpaired) electrons. The van der Waals surface area contributed by atoms with Gasteiger partial charge in [-0.3, -0.25) is 0 Å². The minimum atomic E-state index is -0.281. The van der Waals surface area contributed by atoms with Crippen LogP contribution in [0.5, 0.6) is 0 Å². The van der Waals surface area contributed by atoms with Gasteiger partial charge in [0, 0.05) is 6.08 Å². The van der Waals surface area contributed by atoms with E-state index in [2.05, 4.69) is 20.4 Å². The minimum absolute atomic E-state index is 0.0994. The highest BCUT2D eigenvalue weighted by Gasteiger charge is 2.11. The molecule has 0 N–H and O–H groups in total. The zero-order chi connectivity index (χ0) is 12.2. The molecule has 0 spiro atoms. The van der Waals surface area contributed by atoms with E-state index in [0.717, 1.165) is 32.1 Å². The Kier molecular flexibility index (Phi) is 10.2. The van der Waals surface area contributed by atoms with E-state index in [1.54, 1.807) is 0 Å². The molecule has 0 aromatic rings. The largest absolute Gasteiger partial charge is 0.459 e. The summed E-state index contributed by atoms with van der Waals surface area (Å²) in [5.74, 6) is -0.281. The number of carbonyl (C=O) groups is 1. The Morgan fingerprint density at radius 3 is 2.31 bits per heavy atom. The predicted octanol–water partition coefficient (Wildman–Crippen LogP) is 4.24. The molecule has 0 aliphatic carbocycles. The van der Waals surface area contributed by atoms with Crippen molar-refractivity contribution >= 4 is 5.97 Å². The molecule has 94 valence electrons. The monoisotopic (exact) mass is 226 g/mol. The summed E-state index contributed by atoms with van der Waals surface area (Å²) in [6.45, 7) is 7.79. The molecule has 0 fully saturated rings. The van der Waals surface area contributed by atoms with Gasteiger partial charge in [-0.2, -0.15) is 0 Å². The highest BCUT2D eigenvalue weighted by molar-refractivity contribution is 5.81. The normalized spacial score (nSPS) is 12.1. The molecule has 0 aliphatic rings. The van der Waals surface area contributed by atoms with Crippen LogP contribution in [-0.2, 0) is 9.53 Å². The van der Waals surface area contributed by atoms with Crippen LogP contribution in [-0.4, -0.2) is 12.1 Å². The zero-order valence-electron chi connectivity index (χ0n) is 10.8. The van der Waals surface area contributed by atoms with Crippen molar-refractivity contribution in [3.63, 3.8) is 0 Å². The van der Waals surface area contributed by atoms with Gasteiger partial charge in [-0.15, -0.1) is 0 Å². The molecule has 0 aromatic heterocycles. The van der Waals surface area contributed by atoms with Crippen LogP contribution in [0.4, 0.5) is 0 Å². The van der Waals surface area contributed by atoms with Crippen LogP contribution in [0.1, 0.15) is 65.2 Å². The smallest absolute Gasteiger partial charge is 0.330 e. The number of hydrogen-bond acceptors (Lipinski definition) is 2. The number of unbranched alkanes of at least 4 members (excludes halogenated alkanes) is 4. The zero-order valence-corrected chi connectivity index (χ0v) is 10.8. The molecular weight excluding hydrogens is 200 g/mol. The lowest BCUT2D eigenvalue weighted by Crippen LogP contribution is -2.16. The molecular formula is C14H26O2. The Labute approximate surface area is 100 Å². The molecule has 1 unspecified atom stereocenters. The van der Waals surface area contributed by atoms with Crippen molar-refractivity contribution in [3.05, 3.63) is 12.7 Å². The Hall–Kier alpha value is -0.790. The van der Waals surface area contributed by atoms with E-state index in [1.165, 1.54) is 25.3 Å². The van der Waals surface area contributed by atoms with Gasteiger partial charge in [0.1, 0.15) is 6.10 Å². The molecule has 0 aliphatic heterocycles. The SMILES string of the molecule is C=CC(=O)OC(CCCC)CCCCCC. The summed E-state index contributed by atoms with van der Waals surface area (Å²) in [4.78, 5) is 11.1. The van der Waals surface area contributed by atoms with Gasteiger partial charge in [0.2, 0.25) is 0 Å². The maximum Gasteiger partial charge on any atom is 0.330 e. The van der Waals surface area contributed by atoms with E-state index in [4.69, 9.17) is 4.74 Å². The van der Waals surface area contributed by atoms with E-state index in [-0.39, 0.29) is 12.1 Å². The second-order valence-corrected chi connectivity index (χ2v) is 4.25. The van der Waals surface area contributed by atoms with Gasteiger partial charge >= 0.3 is 5.97 Å². The number of hydrogen-bond donors (Lipinski definition) is 0. The number of rotatable bonds is 10. The molecule has 0 aromatic carbocycles. The third-order valence-electron chi connectivity index (χ3n) is 2.71. The first-order valence-corrected chi connectivity index (χ1v) is 6.57. The Balaban J connectivity index is 3.80. The maximum atomic E-state index is 11.1. The number of carbonyl (C=O) groups excluding carboxylic acids is 1. The van der Waals surface area contributed by atoms with Crippen LogP contribution >= 0.6 is 0 Å². The van der Waals surface area contributed by atoms with Gasteiger partial charge in [-0.25, -0.2) is 4.79 Å². The molecule has 0 heterocycles. The molecule has 0 rings (SSSR count). The Morgan fingerprint density at radius 2 is 1.75 bits per heavy atom. The van der Waals surface area contributed by atoms with Crippen molar-refractivity contribution in [1.82, 2.24) is 0 Å². The van der Waals surface area contributed by atoms with E-state index < -0.39 is 0 Å². The topological polar surface area (TPSA) is 26.3 Å². The average Bonchev–Trinajstić information content (AvgIpc) is 2.30. The molecule has 2 heteroatoms. The van der Waals surface area contributed by atoms with Gasteiger partial charge in [-0.1, -0.05) is 52.5 Å². The minimum Gasteiger partial charge on any atom is -0.459 e. The van der Waals surface area contributed by atoms with E-state index in [1.807, 2.05) is 0 Å². The number of ether oxygens (including phenoxy) is 1. The fourth-order valence-electron chi connectivity index (χ4n) is 1.71. The van der Waals surface area contributed by atoms with E-state index in [9.17, 15) is 4.79 Å². The molecule has 0 saturated heterocycles. The highest BCUT2D eigenvalue weighted by Crippen LogP contribution is 2.14. The summed E-state index contributed by atoms with van der Waals surface area (Å²) >= 11 is 0. The van der Waals surface area contributed by atoms with Gasteiger partial charge in [0.15, 0.2) is 0 Å². The maximum absolute atomic E-state index is 11.1. The van der Waals surface area contributed by atoms with E-state index in [0.29, 0.717) is 0 Å². The summed E-state index contributed by atoms with van der Waals surface area (Å²) in [7, 11) is 0. The fourth-order valence-corrected chi connectivity index (χ4v) is 1.71. The predicted molar refractivity (Wildman–Crippen MR) is 68.4 cm³/mol. The second-order valence-electron chi connectivity index (χ2n) is 4.25. The quantitative estimate of drug-likeness (QED) is 0.316.